The molecular formula is C15H13Cl3N2OS. The second kappa shape index (κ2) is 8.06. The molecule has 0 fully saturated rings. The molecular weight excluding hydrogens is 363 g/mol. The molecule has 1 heterocycles. The molecule has 2 rings (SSSR count). The van der Waals surface area contributed by atoms with E-state index in [0.29, 0.717) is 5.03 Å². The average Bonchev–Trinajstić information content (AvgIpc) is 2.48. The van der Waals surface area contributed by atoms with Crippen LogP contribution in [-0.2, 0) is 11.2 Å². The van der Waals surface area contributed by atoms with Gasteiger partial charge in [0, 0.05) is 6.20 Å². The molecule has 1 atom stereocenters. The Labute approximate surface area is 148 Å². The SMILES string of the molecule is O=C(Cc1ccccc1)N[C@H](Sc1ccccn1)C(Cl)(Cl)Cl. The molecule has 0 aliphatic carbocycles. The minimum atomic E-state index is -1.64. The van der Waals surface area contributed by atoms with E-state index in [0.717, 1.165) is 5.56 Å². The summed E-state index contributed by atoms with van der Waals surface area (Å²) >= 11 is 19.1. The van der Waals surface area contributed by atoms with Gasteiger partial charge in [0.15, 0.2) is 0 Å². The summed E-state index contributed by atoms with van der Waals surface area (Å²) < 4.78 is -1.64. The van der Waals surface area contributed by atoms with Gasteiger partial charge in [0.1, 0.15) is 5.37 Å². The maximum absolute atomic E-state index is 12.1. The van der Waals surface area contributed by atoms with E-state index in [9.17, 15) is 4.79 Å². The number of nitrogens with one attached hydrogen (secondary N) is 1. The first-order chi connectivity index (χ1) is 10.4. The lowest BCUT2D eigenvalue weighted by molar-refractivity contribution is -0.120. The second-order valence-electron chi connectivity index (χ2n) is 4.44. The molecule has 0 unspecified atom stereocenters. The Morgan fingerprint density at radius 2 is 1.82 bits per heavy atom. The number of nitrogens with zero attached hydrogens (tertiary/aromatic N) is 1. The van der Waals surface area contributed by atoms with Gasteiger partial charge in [-0.1, -0.05) is 83.0 Å². The number of benzene rings is 1. The fourth-order valence-electron chi connectivity index (χ4n) is 1.69. The molecule has 22 heavy (non-hydrogen) atoms. The van der Waals surface area contributed by atoms with Crippen molar-refractivity contribution in [2.45, 2.75) is 20.6 Å². The van der Waals surface area contributed by atoms with E-state index in [2.05, 4.69) is 10.3 Å². The van der Waals surface area contributed by atoms with E-state index in [4.69, 9.17) is 34.8 Å². The van der Waals surface area contributed by atoms with Crippen molar-refractivity contribution in [3.05, 3.63) is 60.3 Å². The lowest BCUT2D eigenvalue weighted by atomic mass is 10.1. The van der Waals surface area contributed by atoms with Crippen molar-refractivity contribution in [1.82, 2.24) is 10.3 Å². The summed E-state index contributed by atoms with van der Waals surface area (Å²) in [5.41, 5.74) is 0.894. The number of halogens is 3. The van der Waals surface area contributed by atoms with Crippen molar-refractivity contribution in [3.63, 3.8) is 0 Å². The van der Waals surface area contributed by atoms with E-state index >= 15 is 0 Å². The van der Waals surface area contributed by atoms with Crippen LogP contribution in [0.1, 0.15) is 5.56 Å². The number of carbonyl (C=O) groups excluding carboxylic acids is 1. The van der Waals surface area contributed by atoms with Gasteiger partial charge in [0.05, 0.1) is 11.4 Å². The fraction of sp³-hybridized carbons (Fsp3) is 0.200. The number of thioether (sulfide) groups is 1. The Morgan fingerprint density at radius 3 is 2.41 bits per heavy atom. The Morgan fingerprint density at radius 1 is 1.14 bits per heavy atom. The second-order valence-corrected chi connectivity index (χ2v) is 7.93. The standard InChI is InChI=1S/C15H13Cl3N2OS/c16-15(17,18)14(22-13-8-4-5-9-19-13)20-12(21)10-11-6-2-1-3-7-11/h1-9,14H,10H2,(H,20,21)/t14-/m1/s1. The summed E-state index contributed by atoms with van der Waals surface area (Å²) in [6.07, 6.45) is 1.87. The number of hydrogen-bond acceptors (Lipinski definition) is 3. The largest absolute Gasteiger partial charge is 0.340 e. The molecule has 1 aromatic heterocycles. The van der Waals surface area contributed by atoms with Gasteiger partial charge in [0.25, 0.3) is 0 Å². The normalized spacial score (nSPS) is 12.7. The van der Waals surface area contributed by atoms with Crippen molar-refractivity contribution < 1.29 is 4.79 Å². The minimum absolute atomic E-state index is 0.217. The minimum Gasteiger partial charge on any atom is -0.340 e. The average molecular weight is 376 g/mol. The molecule has 0 saturated carbocycles. The van der Waals surface area contributed by atoms with Gasteiger partial charge in [0.2, 0.25) is 9.70 Å². The number of aromatic nitrogens is 1. The molecule has 7 heteroatoms. The summed E-state index contributed by atoms with van der Waals surface area (Å²) in [6.45, 7) is 0. The third-order valence-corrected chi connectivity index (χ3v) is 4.91. The maximum Gasteiger partial charge on any atom is 0.225 e. The molecule has 0 saturated heterocycles. The van der Waals surface area contributed by atoms with Gasteiger partial charge in [-0.2, -0.15) is 0 Å². The zero-order valence-corrected chi connectivity index (χ0v) is 14.5. The van der Waals surface area contributed by atoms with Crippen molar-refractivity contribution in [2.24, 2.45) is 0 Å². The quantitative estimate of drug-likeness (QED) is 0.483. The van der Waals surface area contributed by atoms with Crippen molar-refractivity contribution in [1.29, 1.82) is 0 Å². The highest BCUT2D eigenvalue weighted by Gasteiger charge is 2.35. The van der Waals surface area contributed by atoms with Gasteiger partial charge in [-0.15, -0.1) is 0 Å². The van der Waals surface area contributed by atoms with Crippen LogP contribution in [0.15, 0.2) is 59.8 Å². The van der Waals surface area contributed by atoms with Crippen LogP contribution in [0.4, 0.5) is 0 Å². The Bertz CT molecular complexity index is 605. The molecule has 0 aliphatic rings. The molecule has 0 bridgehead atoms. The summed E-state index contributed by atoms with van der Waals surface area (Å²) in [6, 6.07) is 14.8. The van der Waals surface area contributed by atoms with E-state index in [1.54, 1.807) is 18.3 Å². The number of alkyl halides is 3. The van der Waals surface area contributed by atoms with Crippen LogP contribution < -0.4 is 5.32 Å². The Balaban J connectivity index is 2.02. The summed E-state index contributed by atoms with van der Waals surface area (Å²) in [5, 5.41) is 2.67. The van der Waals surface area contributed by atoms with Crippen LogP contribution >= 0.6 is 46.6 Å². The Hall–Kier alpha value is -0.940. The predicted octanol–water partition coefficient (Wildman–Crippen LogP) is 4.23. The van der Waals surface area contributed by atoms with Crippen LogP contribution in [0.25, 0.3) is 0 Å². The van der Waals surface area contributed by atoms with E-state index in [-0.39, 0.29) is 12.3 Å². The van der Waals surface area contributed by atoms with Crippen molar-refractivity contribution >= 4 is 52.5 Å². The molecule has 116 valence electrons. The molecule has 0 spiro atoms. The summed E-state index contributed by atoms with van der Waals surface area (Å²) in [5.74, 6) is -0.217. The maximum atomic E-state index is 12.1. The lowest BCUT2D eigenvalue weighted by Crippen LogP contribution is -2.42. The van der Waals surface area contributed by atoms with Gasteiger partial charge in [-0.25, -0.2) is 4.98 Å². The van der Waals surface area contributed by atoms with Gasteiger partial charge in [-0.3, -0.25) is 4.79 Å². The number of hydrogen-bond donors (Lipinski definition) is 1. The third-order valence-electron chi connectivity index (χ3n) is 2.67. The van der Waals surface area contributed by atoms with Crippen molar-refractivity contribution in [3.8, 4) is 0 Å². The molecule has 1 N–H and O–H groups in total. The molecule has 1 amide bonds. The molecule has 1 aromatic carbocycles. The summed E-state index contributed by atoms with van der Waals surface area (Å²) in [7, 11) is 0. The highest BCUT2D eigenvalue weighted by atomic mass is 35.6. The first-order valence-corrected chi connectivity index (χ1v) is 8.44. The first kappa shape index (κ1) is 17.4. The number of carbonyl (C=O) groups is 1. The monoisotopic (exact) mass is 374 g/mol. The van der Waals surface area contributed by atoms with Crippen LogP contribution in [0, 0.1) is 0 Å². The lowest BCUT2D eigenvalue weighted by Gasteiger charge is -2.24. The van der Waals surface area contributed by atoms with Crippen molar-refractivity contribution in [2.75, 3.05) is 0 Å². The highest BCUT2D eigenvalue weighted by Crippen LogP contribution is 2.38. The van der Waals surface area contributed by atoms with Gasteiger partial charge >= 0.3 is 0 Å². The number of rotatable bonds is 5. The topological polar surface area (TPSA) is 42.0 Å². The highest BCUT2D eigenvalue weighted by molar-refractivity contribution is 8.00. The predicted molar refractivity (Wildman–Crippen MR) is 92.5 cm³/mol. The van der Waals surface area contributed by atoms with E-state index in [1.807, 2.05) is 36.4 Å². The zero-order chi connectivity index (χ0) is 16.0. The van der Waals surface area contributed by atoms with Crippen LogP contribution in [-0.4, -0.2) is 20.1 Å². The Kier molecular flexibility index (Phi) is 6.38. The number of pyridine rings is 1. The summed E-state index contributed by atoms with van der Waals surface area (Å²) in [4.78, 5) is 16.3. The molecule has 2 aromatic rings. The smallest absolute Gasteiger partial charge is 0.225 e. The third kappa shape index (κ3) is 5.69. The van der Waals surface area contributed by atoms with Crippen LogP contribution in [0.5, 0.6) is 0 Å². The first-order valence-electron chi connectivity index (χ1n) is 6.43. The molecule has 0 aliphatic heterocycles. The van der Waals surface area contributed by atoms with E-state index < -0.39 is 9.17 Å². The van der Waals surface area contributed by atoms with Crippen LogP contribution in [0.3, 0.4) is 0 Å². The van der Waals surface area contributed by atoms with E-state index in [1.165, 1.54) is 11.8 Å². The molecule has 0 radical (unpaired) electrons. The number of amides is 1. The van der Waals surface area contributed by atoms with Gasteiger partial charge in [-0.05, 0) is 17.7 Å². The zero-order valence-electron chi connectivity index (χ0n) is 11.4. The van der Waals surface area contributed by atoms with Crippen LogP contribution in [0.2, 0.25) is 0 Å². The van der Waals surface area contributed by atoms with Gasteiger partial charge < -0.3 is 5.32 Å². The molecule has 3 nitrogen and oxygen atoms in total. The fourth-order valence-corrected chi connectivity index (χ4v) is 3.10.